The molecule has 3 aromatic rings. The molecule has 0 bridgehead atoms. The molecule has 0 unspecified atom stereocenters. The van der Waals surface area contributed by atoms with Crippen molar-refractivity contribution in [2.24, 2.45) is 0 Å². The average molecular weight is 371 g/mol. The zero-order valence-electron chi connectivity index (χ0n) is 15.7. The Bertz CT molecular complexity index is 909. The maximum absolute atomic E-state index is 13.1. The first-order valence-corrected chi connectivity index (χ1v) is 8.54. The molecule has 0 saturated heterocycles. The third-order valence-electron chi connectivity index (χ3n) is 3.65. The van der Waals surface area contributed by atoms with Crippen LogP contribution < -0.4 is 10.1 Å². The van der Waals surface area contributed by atoms with Crippen LogP contribution in [0.2, 0.25) is 0 Å². The van der Waals surface area contributed by atoms with Crippen molar-refractivity contribution in [1.29, 1.82) is 0 Å². The van der Waals surface area contributed by atoms with E-state index in [1.54, 1.807) is 19.2 Å². The minimum absolute atomic E-state index is 0.136. The first-order valence-electron chi connectivity index (χ1n) is 8.54. The number of nitrogens with one attached hydrogen (secondary N) is 1. The van der Waals surface area contributed by atoms with Crippen LogP contribution in [0.25, 0.3) is 11.3 Å². The van der Waals surface area contributed by atoms with Crippen molar-refractivity contribution in [2.75, 3.05) is 7.11 Å². The second-order valence-electron chi connectivity index (χ2n) is 5.41. The Hall–Kier alpha value is -3.22. The molecule has 0 fully saturated rings. The molecular formula is C20H22FN3O3. The molecule has 0 saturated carbocycles. The van der Waals surface area contributed by atoms with Gasteiger partial charge in [0.15, 0.2) is 17.8 Å². The molecule has 1 N–H and O–H groups in total. The predicted molar refractivity (Wildman–Crippen MR) is 99.9 cm³/mol. The van der Waals surface area contributed by atoms with E-state index in [-0.39, 0.29) is 12.2 Å². The Morgan fingerprint density at radius 2 is 2.04 bits per heavy atom. The van der Waals surface area contributed by atoms with Gasteiger partial charge in [-0.25, -0.2) is 9.37 Å². The summed E-state index contributed by atoms with van der Waals surface area (Å²) in [4.78, 5) is 20.1. The predicted octanol–water partition coefficient (Wildman–Crippen LogP) is 4.15. The molecule has 6 nitrogen and oxygen atoms in total. The summed E-state index contributed by atoms with van der Waals surface area (Å²) in [5.41, 5.74) is 2.34. The van der Waals surface area contributed by atoms with Gasteiger partial charge in [0.1, 0.15) is 11.6 Å². The van der Waals surface area contributed by atoms with E-state index in [4.69, 9.17) is 9.15 Å². The number of carbonyl (C=O) groups is 1. The van der Waals surface area contributed by atoms with Crippen molar-refractivity contribution in [1.82, 2.24) is 15.3 Å². The molecule has 0 atom stereocenters. The number of benzene rings is 1. The number of hydrogen-bond acceptors (Lipinski definition) is 5. The van der Waals surface area contributed by atoms with Crippen LogP contribution in [0.4, 0.5) is 4.39 Å². The molecule has 27 heavy (non-hydrogen) atoms. The topological polar surface area (TPSA) is 77.2 Å². The molecule has 1 amide bonds. The number of aryl methyl sites for hydroxylation is 1. The van der Waals surface area contributed by atoms with Gasteiger partial charge in [0.05, 0.1) is 13.3 Å². The number of hydrogen-bond donors (Lipinski definition) is 1. The fraction of sp³-hybridized carbons (Fsp3) is 0.250. The van der Waals surface area contributed by atoms with Gasteiger partial charge in [-0.1, -0.05) is 13.8 Å². The lowest BCUT2D eigenvalue weighted by atomic mass is 10.1. The van der Waals surface area contributed by atoms with Crippen molar-refractivity contribution in [3.05, 3.63) is 65.7 Å². The lowest BCUT2D eigenvalue weighted by Crippen LogP contribution is -2.23. The van der Waals surface area contributed by atoms with Crippen LogP contribution >= 0.6 is 0 Å². The second-order valence-corrected chi connectivity index (χ2v) is 5.41. The van der Waals surface area contributed by atoms with Crippen LogP contribution in [0.15, 0.2) is 47.5 Å². The van der Waals surface area contributed by atoms with Crippen LogP contribution in [0.1, 0.15) is 35.5 Å². The summed E-state index contributed by atoms with van der Waals surface area (Å²) in [5, 5.41) is 2.68. The number of methoxy groups -OCH3 is 1. The van der Waals surface area contributed by atoms with E-state index in [0.29, 0.717) is 16.9 Å². The summed E-state index contributed by atoms with van der Waals surface area (Å²) in [6.07, 6.45) is 3.81. The lowest BCUT2D eigenvalue weighted by molar-refractivity contribution is 0.0946. The molecule has 2 heterocycles. The third-order valence-corrected chi connectivity index (χ3v) is 3.65. The highest BCUT2D eigenvalue weighted by Crippen LogP contribution is 2.28. The molecule has 0 aliphatic carbocycles. The minimum atomic E-state index is -0.456. The number of pyridine rings is 1. The summed E-state index contributed by atoms with van der Waals surface area (Å²) in [6.45, 7) is 6.03. The highest BCUT2D eigenvalue weighted by molar-refractivity contribution is 5.97. The molecule has 7 heteroatoms. The maximum Gasteiger partial charge on any atom is 0.274 e. The normalized spacial score (nSPS) is 9.96. The average Bonchev–Trinajstić information content (AvgIpc) is 3.17. The van der Waals surface area contributed by atoms with Crippen molar-refractivity contribution in [3.8, 4) is 17.1 Å². The number of carbonyl (C=O) groups excluding carboxylic acids is 1. The lowest BCUT2D eigenvalue weighted by Gasteiger charge is -2.07. The first-order chi connectivity index (χ1) is 13.1. The quantitative estimate of drug-likeness (QED) is 0.729. The van der Waals surface area contributed by atoms with Crippen molar-refractivity contribution >= 4 is 5.91 Å². The Kier molecular flexibility index (Phi) is 7.05. The first kappa shape index (κ1) is 20.1. The van der Waals surface area contributed by atoms with Gasteiger partial charge in [0, 0.05) is 18.3 Å². The number of amides is 1. The van der Waals surface area contributed by atoms with E-state index in [1.807, 2.05) is 26.8 Å². The van der Waals surface area contributed by atoms with Gasteiger partial charge in [-0.15, -0.1) is 0 Å². The zero-order valence-corrected chi connectivity index (χ0v) is 15.7. The summed E-state index contributed by atoms with van der Waals surface area (Å²) < 4.78 is 23.8. The number of ether oxygens (including phenoxy) is 1. The molecule has 0 spiro atoms. The van der Waals surface area contributed by atoms with Gasteiger partial charge in [-0.2, -0.15) is 0 Å². The molecule has 3 rings (SSSR count). The Morgan fingerprint density at radius 1 is 1.26 bits per heavy atom. The van der Waals surface area contributed by atoms with Crippen LogP contribution in [-0.4, -0.2) is 23.0 Å². The van der Waals surface area contributed by atoms with E-state index < -0.39 is 11.7 Å². The number of nitrogens with zero attached hydrogens (tertiary/aromatic N) is 2. The molecule has 2 aromatic heterocycles. The summed E-state index contributed by atoms with van der Waals surface area (Å²) in [5.74, 6) is 0.234. The van der Waals surface area contributed by atoms with Crippen molar-refractivity contribution in [3.63, 3.8) is 0 Å². The Balaban J connectivity index is 0.00000126. The molecule has 0 aliphatic heterocycles. The third kappa shape index (κ3) is 4.91. The highest BCUT2D eigenvalue weighted by atomic mass is 19.1. The van der Waals surface area contributed by atoms with Gasteiger partial charge in [0.25, 0.3) is 5.91 Å². The Labute approximate surface area is 157 Å². The number of aromatic nitrogens is 2. The number of rotatable bonds is 5. The van der Waals surface area contributed by atoms with E-state index in [2.05, 4.69) is 15.3 Å². The van der Waals surface area contributed by atoms with E-state index >= 15 is 0 Å². The minimum Gasteiger partial charge on any atom is -0.496 e. The molecule has 142 valence electrons. The summed E-state index contributed by atoms with van der Waals surface area (Å²) >= 11 is 0. The van der Waals surface area contributed by atoms with Crippen LogP contribution in [-0.2, 0) is 6.54 Å². The van der Waals surface area contributed by atoms with Gasteiger partial charge >= 0.3 is 0 Å². The second kappa shape index (κ2) is 9.47. The molecule has 0 radical (unpaired) electrons. The van der Waals surface area contributed by atoms with Crippen LogP contribution in [0.3, 0.4) is 0 Å². The summed E-state index contributed by atoms with van der Waals surface area (Å²) in [6, 6.07) is 6.75. The number of halogens is 1. The fourth-order valence-corrected chi connectivity index (χ4v) is 2.45. The fourth-order valence-electron chi connectivity index (χ4n) is 2.45. The van der Waals surface area contributed by atoms with Crippen molar-refractivity contribution < 1.29 is 18.3 Å². The standard InChI is InChI=1S/C18H16FN3O3.C2H6/c1-11-5-13(3-4-15(11)24-2)17-16(22-10-25-17)18(23)21-8-12-6-14(19)9-20-7-12;1-2/h3-7,9-10H,8H2,1-2H3,(H,21,23);1-2H3. The van der Waals surface area contributed by atoms with Gasteiger partial charge in [-0.3, -0.25) is 9.78 Å². The molecule has 1 aromatic carbocycles. The summed E-state index contributed by atoms with van der Waals surface area (Å²) in [7, 11) is 1.59. The van der Waals surface area contributed by atoms with Gasteiger partial charge < -0.3 is 14.5 Å². The van der Waals surface area contributed by atoms with E-state index in [9.17, 15) is 9.18 Å². The molecule has 0 aliphatic rings. The van der Waals surface area contributed by atoms with Crippen LogP contribution in [0.5, 0.6) is 5.75 Å². The highest BCUT2D eigenvalue weighted by Gasteiger charge is 2.18. The van der Waals surface area contributed by atoms with Crippen molar-refractivity contribution in [2.45, 2.75) is 27.3 Å². The zero-order chi connectivity index (χ0) is 19.8. The number of oxazole rings is 1. The SMILES string of the molecule is CC.COc1ccc(-c2ocnc2C(=O)NCc2cncc(F)c2)cc1C. The van der Waals surface area contributed by atoms with Gasteiger partial charge in [0.2, 0.25) is 0 Å². The maximum atomic E-state index is 13.1. The van der Waals surface area contributed by atoms with E-state index in [1.165, 1.54) is 18.7 Å². The van der Waals surface area contributed by atoms with Gasteiger partial charge in [-0.05, 0) is 42.3 Å². The van der Waals surface area contributed by atoms with E-state index in [0.717, 1.165) is 17.5 Å². The molecular weight excluding hydrogens is 349 g/mol. The Morgan fingerprint density at radius 3 is 2.70 bits per heavy atom. The largest absolute Gasteiger partial charge is 0.496 e. The monoisotopic (exact) mass is 371 g/mol. The smallest absolute Gasteiger partial charge is 0.274 e. The van der Waals surface area contributed by atoms with Crippen LogP contribution in [0, 0.1) is 12.7 Å².